The highest BCUT2D eigenvalue weighted by Crippen LogP contribution is 2.20. The first-order valence-corrected chi connectivity index (χ1v) is 9.50. The van der Waals surface area contributed by atoms with Crippen molar-refractivity contribution in [3.8, 4) is 5.75 Å². The fourth-order valence-corrected chi connectivity index (χ4v) is 3.18. The number of anilines is 1. The van der Waals surface area contributed by atoms with Crippen molar-refractivity contribution < 1.29 is 9.53 Å². The topological polar surface area (TPSA) is 44.8 Å². The van der Waals surface area contributed by atoms with Gasteiger partial charge in [-0.25, -0.2) is 0 Å². The van der Waals surface area contributed by atoms with E-state index in [2.05, 4.69) is 34.3 Å². The van der Waals surface area contributed by atoms with Crippen molar-refractivity contribution in [2.24, 2.45) is 0 Å². The Hall–Kier alpha value is -2.37. The molecule has 5 heteroatoms. The van der Waals surface area contributed by atoms with Gasteiger partial charge >= 0.3 is 0 Å². The van der Waals surface area contributed by atoms with Gasteiger partial charge in [0.15, 0.2) is 6.61 Å². The van der Waals surface area contributed by atoms with Crippen molar-refractivity contribution in [1.29, 1.82) is 0 Å². The van der Waals surface area contributed by atoms with Crippen molar-refractivity contribution >= 4 is 11.6 Å². The summed E-state index contributed by atoms with van der Waals surface area (Å²) in [5.41, 5.74) is 4.29. The number of amides is 1. The quantitative estimate of drug-likeness (QED) is 0.852. The van der Waals surface area contributed by atoms with Crippen molar-refractivity contribution in [3.05, 3.63) is 59.2 Å². The van der Waals surface area contributed by atoms with Crippen LogP contribution in [0.3, 0.4) is 0 Å². The predicted octanol–water partition coefficient (Wildman–Crippen LogP) is 3.07. The molecule has 0 atom stereocenters. The lowest BCUT2D eigenvalue weighted by molar-refractivity contribution is -0.118. The minimum absolute atomic E-state index is 0.00728. The highest BCUT2D eigenvalue weighted by atomic mass is 16.5. The first kappa shape index (κ1) is 19.4. The van der Waals surface area contributed by atoms with E-state index in [9.17, 15) is 4.79 Å². The average Bonchev–Trinajstić information content (AvgIpc) is 2.66. The second-order valence-electron chi connectivity index (χ2n) is 7.31. The largest absolute Gasteiger partial charge is 0.483 e. The highest BCUT2D eigenvalue weighted by Gasteiger charge is 2.14. The zero-order chi connectivity index (χ0) is 19.2. The van der Waals surface area contributed by atoms with Gasteiger partial charge < -0.3 is 15.0 Å². The van der Waals surface area contributed by atoms with Gasteiger partial charge in [0.2, 0.25) is 0 Å². The molecule has 1 saturated heterocycles. The lowest BCUT2D eigenvalue weighted by atomic mass is 10.1. The number of likely N-dealkylation sites (N-methyl/N-ethyl adjacent to an activating group) is 1. The molecule has 1 amide bonds. The van der Waals surface area contributed by atoms with Gasteiger partial charge in [0.05, 0.1) is 0 Å². The summed E-state index contributed by atoms with van der Waals surface area (Å²) in [4.78, 5) is 17.0. The molecule has 2 aromatic carbocycles. The molecular weight excluding hydrogens is 338 g/mol. The number of piperazine rings is 1. The third-order valence-corrected chi connectivity index (χ3v) is 5.15. The maximum Gasteiger partial charge on any atom is 0.262 e. The minimum Gasteiger partial charge on any atom is -0.483 e. The summed E-state index contributed by atoms with van der Waals surface area (Å²) in [6.45, 7) is 9.44. The van der Waals surface area contributed by atoms with Crippen LogP contribution >= 0.6 is 0 Å². The van der Waals surface area contributed by atoms with Gasteiger partial charge in [-0.2, -0.15) is 0 Å². The molecule has 1 fully saturated rings. The molecule has 144 valence electrons. The molecule has 1 aliphatic heterocycles. The van der Waals surface area contributed by atoms with E-state index < -0.39 is 0 Å². The van der Waals surface area contributed by atoms with Gasteiger partial charge in [0.1, 0.15) is 5.75 Å². The smallest absolute Gasteiger partial charge is 0.262 e. The normalized spacial score (nSPS) is 15.5. The van der Waals surface area contributed by atoms with E-state index in [0.717, 1.165) is 55.3 Å². The van der Waals surface area contributed by atoms with Crippen molar-refractivity contribution in [2.75, 3.05) is 45.2 Å². The average molecular weight is 367 g/mol. The van der Waals surface area contributed by atoms with Crippen LogP contribution in [-0.4, -0.2) is 55.5 Å². The van der Waals surface area contributed by atoms with Crippen LogP contribution in [-0.2, 0) is 11.3 Å². The van der Waals surface area contributed by atoms with E-state index >= 15 is 0 Å². The third kappa shape index (κ3) is 5.55. The van der Waals surface area contributed by atoms with E-state index in [-0.39, 0.29) is 12.5 Å². The molecule has 2 aromatic rings. The maximum atomic E-state index is 12.2. The van der Waals surface area contributed by atoms with Crippen molar-refractivity contribution in [2.45, 2.75) is 20.4 Å². The summed E-state index contributed by atoms with van der Waals surface area (Å²) < 4.78 is 5.66. The molecule has 0 bridgehead atoms. The van der Waals surface area contributed by atoms with E-state index in [0.29, 0.717) is 0 Å². The van der Waals surface area contributed by atoms with Crippen LogP contribution in [0.1, 0.15) is 16.7 Å². The van der Waals surface area contributed by atoms with Crippen LogP contribution in [0.2, 0.25) is 0 Å². The standard InChI is InChI=1S/C22H29N3O2/c1-17-5-4-6-21(18(17)2)27-16-22(26)23-20-9-7-19(8-10-20)15-25-13-11-24(3)12-14-25/h4-10H,11-16H2,1-3H3,(H,23,26). The summed E-state index contributed by atoms with van der Waals surface area (Å²) >= 11 is 0. The molecule has 0 saturated carbocycles. The minimum atomic E-state index is -0.150. The zero-order valence-electron chi connectivity index (χ0n) is 16.5. The Kier molecular flexibility index (Phi) is 6.48. The first-order chi connectivity index (χ1) is 13.0. The molecule has 0 radical (unpaired) electrons. The molecule has 5 nitrogen and oxygen atoms in total. The van der Waals surface area contributed by atoms with E-state index in [1.807, 2.05) is 44.2 Å². The molecule has 1 N–H and O–H groups in total. The SMILES string of the molecule is Cc1cccc(OCC(=O)Nc2ccc(CN3CCN(C)CC3)cc2)c1C. The van der Waals surface area contributed by atoms with Crippen LogP contribution in [0, 0.1) is 13.8 Å². The summed E-state index contributed by atoms with van der Waals surface area (Å²) in [5.74, 6) is 0.607. The number of carbonyl (C=O) groups is 1. The van der Waals surface area contributed by atoms with Gasteiger partial charge in [-0.05, 0) is 55.8 Å². The van der Waals surface area contributed by atoms with Crippen LogP contribution in [0.15, 0.2) is 42.5 Å². The Morgan fingerprint density at radius 1 is 1.04 bits per heavy atom. The monoisotopic (exact) mass is 367 g/mol. The molecule has 3 rings (SSSR count). The molecule has 0 aliphatic carbocycles. The zero-order valence-corrected chi connectivity index (χ0v) is 16.5. The molecule has 0 spiro atoms. The van der Waals surface area contributed by atoms with Crippen molar-refractivity contribution in [1.82, 2.24) is 9.80 Å². The first-order valence-electron chi connectivity index (χ1n) is 9.50. The number of nitrogens with one attached hydrogen (secondary N) is 1. The molecular formula is C22H29N3O2. The number of benzene rings is 2. The third-order valence-electron chi connectivity index (χ3n) is 5.15. The lowest BCUT2D eigenvalue weighted by Gasteiger charge is -2.32. The Morgan fingerprint density at radius 3 is 2.44 bits per heavy atom. The molecule has 0 aromatic heterocycles. The predicted molar refractivity (Wildman–Crippen MR) is 109 cm³/mol. The Bertz CT molecular complexity index is 766. The highest BCUT2D eigenvalue weighted by molar-refractivity contribution is 5.91. The Morgan fingerprint density at radius 2 is 1.74 bits per heavy atom. The Balaban J connectivity index is 1.47. The van der Waals surface area contributed by atoms with E-state index in [1.165, 1.54) is 5.56 Å². The number of nitrogens with zero attached hydrogens (tertiary/aromatic N) is 2. The fraction of sp³-hybridized carbons (Fsp3) is 0.409. The number of aryl methyl sites for hydroxylation is 1. The maximum absolute atomic E-state index is 12.2. The summed E-state index contributed by atoms with van der Waals surface area (Å²) in [7, 11) is 2.17. The number of rotatable bonds is 6. The number of carbonyl (C=O) groups excluding carboxylic acids is 1. The summed E-state index contributed by atoms with van der Waals surface area (Å²) in [6.07, 6.45) is 0. The van der Waals surface area contributed by atoms with Gasteiger partial charge in [-0.1, -0.05) is 24.3 Å². The fourth-order valence-electron chi connectivity index (χ4n) is 3.18. The number of hydrogen-bond acceptors (Lipinski definition) is 4. The van der Waals surface area contributed by atoms with E-state index in [1.54, 1.807) is 0 Å². The van der Waals surface area contributed by atoms with Crippen LogP contribution in [0.5, 0.6) is 5.75 Å². The molecule has 1 heterocycles. The second-order valence-corrected chi connectivity index (χ2v) is 7.31. The van der Waals surface area contributed by atoms with E-state index in [4.69, 9.17) is 4.74 Å². The van der Waals surface area contributed by atoms with Gasteiger partial charge in [0.25, 0.3) is 5.91 Å². The van der Waals surface area contributed by atoms with Crippen LogP contribution in [0.25, 0.3) is 0 Å². The van der Waals surface area contributed by atoms with Gasteiger partial charge in [0, 0.05) is 38.4 Å². The molecule has 27 heavy (non-hydrogen) atoms. The number of hydrogen-bond donors (Lipinski definition) is 1. The Labute approximate surface area is 161 Å². The second kappa shape index (κ2) is 9.02. The van der Waals surface area contributed by atoms with Gasteiger partial charge in [-0.15, -0.1) is 0 Å². The molecule has 0 unspecified atom stereocenters. The lowest BCUT2D eigenvalue weighted by Crippen LogP contribution is -2.43. The van der Waals surface area contributed by atoms with Crippen LogP contribution in [0.4, 0.5) is 5.69 Å². The van der Waals surface area contributed by atoms with Crippen LogP contribution < -0.4 is 10.1 Å². The number of ether oxygens (including phenoxy) is 1. The summed E-state index contributed by atoms with van der Waals surface area (Å²) in [6, 6.07) is 13.9. The summed E-state index contributed by atoms with van der Waals surface area (Å²) in [5, 5.41) is 2.90. The van der Waals surface area contributed by atoms with Crippen molar-refractivity contribution in [3.63, 3.8) is 0 Å². The molecule has 1 aliphatic rings. The van der Waals surface area contributed by atoms with Gasteiger partial charge in [-0.3, -0.25) is 9.69 Å².